The molecular weight excluding hydrogens is 334 g/mol. The highest BCUT2D eigenvalue weighted by Gasteiger charge is 2.26. The third kappa shape index (κ3) is 2.94. The lowest BCUT2D eigenvalue weighted by Crippen LogP contribution is -2.21. The van der Waals surface area contributed by atoms with E-state index in [1.807, 2.05) is 0 Å². The Balaban J connectivity index is 1.54. The average molecular weight is 353 g/mol. The number of hydrogen-bond donors (Lipinski definition) is 2. The standard InChI is InChI=1S/C18H19N5O3/c1-26-15-3-2-12(18(24)25)7-13(15)6-11-4-5-23(9-11)17-14-8-21-22-16(14)19-10-20-17/h2-3,7-8,10-11H,4-6,9H2,1H3,(H,24,25)(H,19,20,21,22). The Morgan fingerprint density at radius 1 is 1.42 bits per heavy atom. The van der Waals surface area contributed by atoms with Gasteiger partial charge in [-0.25, -0.2) is 14.8 Å². The zero-order chi connectivity index (χ0) is 18.1. The van der Waals surface area contributed by atoms with Gasteiger partial charge in [0, 0.05) is 13.1 Å². The number of anilines is 1. The van der Waals surface area contributed by atoms with Crippen LogP contribution in [0.1, 0.15) is 22.3 Å². The Hall–Kier alpha value is -3.16. The van der Waals surface area contributed by atoms with Crippen molar-refractivity contribution < 1.29 is 14.6 Å². The largest absolute Gasteiger partial charge is 0.496 e. The molecule has 1 aliphatic heterocycles. The number of nitrogens with one attached hydrogen (secondary N) is 1. The van der Waals surface area contributed by atoms with Gasteiger partial charge >= 0.3 is 5.97 Å². The fourth-order valence-corrected chi connectivity index (χ4v) is 3.58. The van der Waals surface area contributed by atoms with Crippen molar-refractivity contribution in [3.8, 4) is 5.75 Å². The number of H-pyrrole nitrogens is 1. The molecule has 0 radical (unpaired) electrons. The van der Waals surface area contributed by atoms with E-state index in [1.54, 1.807) is 37.8 Å². The summed E-state index contributed by atoms with van der Waals surface area (Å²) < 4.78 is 5.41. The number of carboxylic acid groups (broad SMARTS) is 1. The summed E-state index contributed by atoms with van der Waals surface area (Å²) >= 11 is 0. The molecule has 1 aliphatic rings. The van der Waals surface area contributed by atoms with E-state index in [9.17, 15) is 9.90 Å². The number of rotatable bonds is 5. The van der Waals surface area contributed by atoms with E-state index in [1.165, 1.54) is 0 Å². The summed E-state index contributed by atoms with van der Waals surface area (Å²) in [6.45, 7) is 1.74. The van der Waals surface area contributed by atoms with Crippen LogP contribution >= 0.6 is 0 Å². The number of methoxy groups -OCH3 is 1. The highest BCUT2D eigenvalue weighted by Crippen LogP contribution is 2.31. The van der Waals surface area contributed by atoms with Crippen molar-refractivity contribution in [3.05, 3.63) is 41.9 Å². The Bertz CT molecular complexity index is 955. The Labute approximate surface area is 149 Å². The first-order valence-electron chi connectivity index (χ1n) is 8.45. The van der Waals surface area contributed by atoms with E-state index in [0.717, 1.165) is 54.1 Å². The van der Waals surface area contributed by atoms with Crippen molar-refractivity contribution >= 4 is 22.8 Å². The number of benzene rings is 1. The van der Waals surface area contributed by atoms with Crippen molar-refractivity contribution in [1.82, 2.24) is 20.2 Å². The molecule has 3 aromatic rings. The van der Waals surface area contributed by atoms with E-state index in [0.29, 0.717) is 5.92 Å². The van der Waals surface area contributed by atoms with E-state index in [4.69, 9.17) is 4.74 Å². The van der Waals surface area contributed by atoms with Gasteiger partial charge in [0.1, 0.15) is 17.9 Å². The van der Waals surface area contributed by atoms with Gasteiger partial charge in [0.2, 0.25) is 0 Å². The molecule has 0 spiro atoms. The molecule has 2 N–H and O–H groups in total. The number of aromatic nitrogens is 4. The molecule has 0 amide bonds. The summed E-state index contributed by atoms with van der Waals surface area (Å²) in [5.41, 5.74) is 1.94. The van der Waals surface area contributed by atoms with Gasteiger partial charge in [-0.2, -0.15) is 5.10 Å². The minimum Gasteiger partial charge on any atom is -0.496 e. The number of ether oxygens (including phenoxy) is 1. The smallest absolute Gasteiger partial charge is 0.335 e. The van der Waals surface area contributed by atoms with Crippen LogP contribution in [-0.2, 0) is 6.42 Å². The summed E-state index contributed by atoms with van der Waals surface area (Å²) in [4.78, 5) is 22.1. The van der Waals surface area contributed by atoms with Crippen molar-refractivity contribution in [2.75, 3.05) is 25.1 Å². The molecule has 8 nitrogen and oxygen atoms in total. The molecule has 3 heterocycles. The van der Waals surface area contributed by atoms with E-state index < -0.39 is 5.97 Å². The molecular formula is C18H19N5O3. The maximum Gasteiger partial charge on any atom is 0.335 e. The fourth-order valence-electron chi connectivity index (χ4n) is 3.58. The molecule has 4 rings (SSSR count). The summed E-state index contributed by atoms with van der Waals surface area (Å²) in [5, 5.41) is 17.1. The predicted molar refractivity (Wildman–Crippen MR) is 95.7 cm³/mol. The Morgan fingerprint density at radius 3 is 3.12 bits per heavy atom. The van der Waals surface area contributed by atoms with Crippen molar-refractivity contribution in [3.63, 3.8) is 0 Å². The summed E-state index contributed by atoms with van der Waals surface area (Å²) in [5.74, 6) is 1.08. The van der Waals surface area contributed by atoms with Gasteiger partial charge < -0.3 is 14.7 Å². The number of hydrogen-bond acceptors (Lipinski definition) is 6. The van der Waals surface area contributed by atoms with Crippen LogP contribution in [0.5, 0.6) is 5.75 Å². The van der Waals surface area contributed by atoms with Crippen molar-refractivity contribution in [2.45, 2.75) is 12.8 Å². The highest BCUT2D eigenvalue weighted by molar-refractivity contribution is 5.88. The number of carbonyl (C=O) groups is 1. The second-order valence-corrected chi connectivity index (χ2v) is 6.47. The van der Waals surface area contributed by atoms with Gasteiger partial charge in [0.15, 0.2) is 5.65 Å². The van der Waals surface area contributed by atoms with Crippen LogP contribution in [0.2, 0.25) is 0 Å². The third-order valence-corrected chi connectivity index (χ3v) is 4.85. The molecule has 134 valence electrons. The van der Waals surface area contributed by atoms with Gasteiger partial charge in [0.05, 0.1) is 24.3 Å². The normalized spacial score (nSPS) is 17.0. The third-order valence-electron chi connectivity index (χ3n) is 4.85. The van der Waals surface area contributed by atoms with Gasteiger partial charge in [-0.15, -0.1) is 0 Å². The number of aromatic amines is 1. The monoisotopic (exact) mass is 353 g/mol. The molecule has 1 saturated heterocycles. The first kappa shape index (κ1) is 16.3. The average Bonchev–Trinajstić information content (AvgIpc) is 3.30. The van der Waals surface area contributed by atoms with Gasteiger partial charge in [0.25, 0.3) is 0 Å². The van der Waals surface area contributed by atoms with Gasteiger partial charge in [-0.3, -0.25) is 5.10 Å². The van der Waals surface area contributed by atoms with Gasteiger partial charge in [-0.1, -0.05) is 0 Å². The Morgan fingerprint density at radius 2 is 2.31 bits per heavy atom. The molecule has 8 heteroatoms. The molecule has 0 aliphatic carbocycles. The maximum absolute atomic E-state index is 11.3. The second kappa shape index (κ2) is 6.62. The summed E-state index contributed by atoms with van der Waals surface area (Å²) in [7, 11) is 1.61. The minimum atomic E-state index is -0.926. The second-order valence-electron chi connectivity index (χ2n) is 6.47. The quantitative estimate of drug-likeness (QED) is 0.724. The van der Waals surface area contributed by atoms with Gasteiger partial charge in [-0.05, 0) is 42.5 Å². The Kier molecular flexibility index (Phi) is 4.16. The lowest BCUT2D eigenvalue weighted by Gasteiger charge is -2.18. The zero-order valence-corrected chi connectivity index (χ0v) is 14.3. The number of aromatic carboxylic acids is 1. The maximum atomic E-state index is 11.3. The van der Waals surface area contributed by atoms with Crippen molar-refractivity contribution in [1.29, 1.82) is 0 Å². The first-order chi connectivity index (χ1) is 12.7. The first-order valence-corrected chi connectivity index (χ1v) is 8.45. The molecule has 1 fully saturated rings. The van der Waals surface area contributed by atoms with Crippen LogP contribution in [0.4, 0.5) is 5.82 Å². The van der Waals surface area contributed by atoms with Crippen LogP contribution < -0.4 is 9.64 Å². The van der Waals surface area contributed by atoms with Crippen LogP contribution in [0.3, 0.4) is 0 Å². The summed E-state index contributed by atoms with van der Waals surface area (Å²) in [6, 6.07) is 5.01. The van der Waals surface area contributed by atoms with Crippen molar-refractivity contribution in [2.24, 2.45) is 5.92 Å². The lowest BCUT2D eigenvalue weighted by molar-refractivity contribution is 0.0696. The van der Waals surface area contributed by atoms with E-state index in [2.05, 4.69) is 25.1 Å². The number of fused-ring (bicyclic) bond motifs is 1. The molecule has 2 aromatic heterocycles. The molecule has 1 atom stereocenters. The molecule has 0 bridgehead atoms. The molecule has 1 unspecified atom stereocenters. The lowest BCUT2D eigenvalue weighted by atomic mass is 9.96. The molecule has 0 saturated carbocycles. The topological polar surface area (TPSA) is 104 Å². The molecule has 26 heavy (non-hydrogen) atoms. The number of carboxylic acids is 1. The zero-order valence-electron chi connectivity index (χ0n) is 14.3. The fraction of sp³-hybridized carbons (Fsp3) is 0.333. The SMILES string of the molecule is COc1ccc(C(=O)O)cc1CC1CCN(c2ncnc3[nH]ncc23)C1. The van der Waals surface area contributed by atoms with E-state index >= 15 is 0 Å². The van der Waals surface area contributed by atoms with E-state index in [-0.39, 0.29) is 5.56 Å². The van der Waals surface area contributed by atoms with Crippen LogP contribution in [0, 0.1) is 5.92 Å². The summed E-state index contributed by atoms with van der Waals surface area (Å²) in [6.07, 6.45) is 5.06. The number of nitrogens with zero attached hydrogens (tertiary/aromatic N) is 4. The predicted octanol–water partition coefficient (Wildman–Crippen LogP) is 2.13. The molecule has 1 aromatic carbocycles. The van der Waals surface area contributed by atoms with Crippen LogP contribution in [-0.4, -0.2) is 51.4 Å². The highest BCUT2D eigenvalue weighted by atomic mass is 16.5. The minimum absolute atomic E-state index is 0.284. The van der Waals surface area contributed by atoms with Crippen LogP contribution in [0.25, 0.3) is 11.0 Å². The van der Waals surface area contributed by atoms with Crippen LogP contribution in [0.15, 0.2) is 30.7 Å².